The number of para-hydroxylation sites is 6. The highest BCUT2D eigenvalue weighted by molar-refractivity contribution is 6.10. The van der Waals surface area contributed by atoms with E-state index < -0.39 is 5.41 Å². The van der Waals surface area contributed by atoms with Crippen LogP contribution in [-0.4, -0.2) is 9.13 Å². The van der Waals surface area contributed by atoms with Gasteiger partial charge in [0.2, 0.25) is 0 Å². The van der Waals surface area contributed by atoms with Crippen LogP contribution in [0.25, 0.3) is 76.9 Å². The summed E-state index contributed by atoms with van der Waals surface area (Å²) in [5.41, 5.74) is 17.1. The molecule has 3 nitrogen and oxygen atoms in total. The largest absolute Gasteiger partial charge is 0.311 e. The minimum atomic E-state index is -0.721. The molecule has 318 valence electrons. The lowest BCUT2D eigenvalue weighted by atomic mass is 9.67. The van der Waals surface area contributed by atoms with Crippen molar-refractivity contribution in [1.82, 2.24) is 9.13 Å². The maximum absolute atomic E-state index is 2.50. The van der Waals surface area contributed by atoms with E-state index in [2.05, 4.69) is 275 Å². The molecule has 0 radical (unpaired) electrons. The van der Waals surface area contributed by atoms with Crippen LogP contribution < -0.4 is 4.90 Å². The fourth-order valence-corrected chi connectivity index (χ4v) is 11.7. The highest BCUT2D eigenvalue weighted by Crippen LogP contribution is 2.58. The molecule has 0 aliphatic heterocycles. The van der Waals surface area contributed by atoms with Crippen LogP contribution >= 0.6 is 0 Å². The molecule has 13 aromatic rings. The molecule has 11 aromatic carbocycles. The Balaban J connectivity index is 1.08. The molecule has 2 heterocycles. The lowest BCUT2D eigenvalue weighted by Gasteiger charge is -2.35. The van der Waals surface area contributed by atoms with Gasteiger partial charge in [-0.15, -0.1) is 0 Å². The number of rotatable bonds is 7. The van der Waals surface area contributed by atoms with Crippen molar-refractivity contribution in [3.8, 4) is 22.5 Å². The van der Waals surface area contributed by atoms with Crippen LogP contribution in [-0.2, 0) is 5.41 Å². The first-order valence-corrected chi connectivity index (χ1v) is 23.5. The van der Waals surface area contributed by atoms with Gasteiger partial charge in [-0.25, -0.2) is 0 Å². The normalized spacial score (nSPS) is 12.8. The molecule has 0 bridgehead atoms. The third-order valence-corrected chi connectivity index (χ3v) is 14.6. The van der Waals surface area contributed by atoms with Gasteiger partial charge in [0.25, 0.3) is 0 Å². The van der Waals surface area contributed by atoms with E-state index in [0.29, 0.717) is 0 Å². The second-order valence-corrected chi connectivity index (χ2v) is 18.1. The van der Waals surface area contributed by atoms with Crippen molar-refractivity contribution in [3.05, 3.63) is 283 Å². The van der Waals surface area contributed by atoms with Crippen molar-refractivity contribution in [3.63, 3.8) is 0 Å². The highest BCUT2D eigenvalue weighted by Gasteiger charge is 2.47. The SMILES string of the molecule is c1ccc(N(c2ccccc2)c2ccc(C3(c4ccc5ccccc5c4)c4cc(-n5c6ccccc6c6ccccc65)ccc4-c4ccc(-n5c6ccccc6c6ccccc65)cc43)cc2)cc1. The van der Waals surface area contributed by atoms with E-state index in [9.17, 15) is 0 Å². The summed E-state index contributed by atoms with van der Waals surface area (Å²) in [7, 11) is 0. The van der Waals surface area contributed by atoms with E-state index in [1.165, 1.54) is 87.8 Å². The lowest BCUT2D eigenvalue weighted by Crippen LogP contribution is -2.29. The molecule has 68 heavy (non-hydrogen) atoms. The number of benzene rings is 11. The molecule has 0 amide bonds. The van der Waals surface area contributed by atoms with Gasteiger partial charge < -0.3 is 14.0 Å². The number of nitrogens with zero attached hydrogens (tertiary/aromatic N) is 3. The highest BCUT2D eigenvalue weighted by atomic mass is 15.1. The Labute approximate surface area is 394 Å². The van der Waals surface area contributed by atoms with Crippen LogP contribution in [0.3, 0.4) is 0 Å². The molecule has 0 atom stereocenters. The van der Waals surface area contributed by atoms with E-state index in [1.54, 1.807) is 0 Å². The maximum atomic E-state index is 2.50. The topological polar surface area (TPSA) is 13.1 Å². The van der Waals surface area contributed by atoms with E-state index in [4.69, 9.17) is 0 Å². The Morgan fingerprint density at radius 2 is 0.662 bits per heavy atom. The summed E-state index contributed by atoms with van der Waals surface area (Å²) in [6, 6.07) is 96.5. The van der Waals surface area contributed by atoms with Gasteiger partial charge in [-0.05, 0) is 135 Å². The van der Waals surface area contributed by atoms with Crippen LogP contribution in [0.4, 0.5) is 17.1 Å². The third kappa shape index (κ3) is 5.60. The average Bonchev–Trinajstić information content (AvgIpc) is 4.03. The van der Waals surface area contributed by atoms with Crippen molar-refractivity contribution in [2.45, 2.75) is 5.41 Å². The average molecular weight is 866 g/mol. The number of hydrogen-bond donors (Lipinski definition) is 0. The summed E-state index contributed by atoms with van der Waals surface area (Å²) in [5.74, 6) is 0. The van der Waals surface area contributed by atoms with Crippen molar-refractivity contribution in [2.75, 3.05) is 4.90 Å². The van der Waals surface area contributed by atoms with Gasteiger partial charge in [0.05, 0.1) is 27.5 Å². The first kappa shape index (κ1) is 38.4. The smallest absolute Gasteiger partial charge is 0.0715 e. The predicted molar refractivity (Wildman–Crippen MR) is 285 cm³/mol. The quantitative estimate of drug-likeness (QED) is 0.156. The Morgan fingerprint density at radius 3 is 1.13 bits per heavy atom. The number of fused-ring (bicyclic) bond motifs is 10. The Morgan fingerprint density at radius 1 is 0.279 bits per heavy atom. The number of hydrogen-bond acceptors (Lipinski definition) is 1. The van der Waals surface area contributed by atoms with Gasteiger partial charge in [0.15, 0.2) is 0 Å². The van der Waals surface area contributed by atoms with Crippen molar-refractivity contribution >= 4 is 71.4 Å². The summed E-state index contributed by atoms with van der Waals surface area (Å²) in [5, 5.41) is 7.44. The number of aromatic nitrogens is 2. The second kappa shape index (κ2) is 15.1. The van der Waals surface area contributed by atoms with Gasteiger partial charge in [-0.3, -0.25) is 0 Å². The third-order valence-electron chi connectivity index (χ3n) is 14.6. The minimum absolute atomic E-state index is 0.721. The zero-order valence-electron chi connectivity index (χ0n) is 37.2. The Kier molecular flexibility index (Phi) is 8.50. The number of anilines is 3. The molecule has 0 saturated carbocycles. The van der Waals surface area contributed by atoms with Gasteiger partial charge in [0.1, 0.15) is 0 Å². The molecule has 3 heteroatoms. The predicted octanol–water partition coefficient (Wildman–Crippen LogP) is 16.9. The second-order valence-electron chi connectivity index (χ2n) is 18.1. The van der Waals surface area contributed by atoms with Crippen molar-refractivity contribution in [2.24, 2.45) is 0 Å². The summed E-state index contributed by atoms with van der Waals surface area (Å²) in [6.45, 7) is 0. The van der Waals surface area contributed by atoms with Crippen LogP contribution in [0.5, 0.6) is 0 Å². The van der Waals surface area contributed by atoms with Gasteiger partial charge in [0, 0.05) is 50.0 Å². The molecule has 2 aromatic heterocycles. The summed E-state index contributed by atoms with van der Waals surface area (Å²) >= 11 is 0. The molecule has 1 aliphatic carbocycles. The van der Waals surface area contributed by atoms with Crippen LogP contribution in [0.15, 0.2) is 261 Å². The molecular weight excluding hydrogens is 823 g/mol. The standard InChI is InChI=1S/C65H43N3/c1-3-19-48(20-4-1)66(49-21-5-2-6-22-49)50-35-33-46(34-36-50)65(47-32-31-44-17-7-8-18-45(44)41-47)59-42-51(67-61-27-13-9-23-55(61)56-24-10-14-28-62(56)67)37-39-53(59)54-40-38-52(43-60(54)65)68-63-29-15-11-25-57(63)58-26-12-16-30-64(58)68/h1-43H. The first-order chi connectivity index (χ1) is 33.7. The Hall–Kier alpha value is -8.92. The summed E-state index contributed by atoms with van der Waals surface area (Å²) < 4.78 is 4.92. The zero-order chi connectivity index (χ0) is 44.8. The van der Waals surface area contributed by atoms with Gasteiger partial charge in [-0.2, -0.15) is 0 Å². The zero-order valence-corrected chi connectivity index (χ0v) is 37.2. The van der Waals surface area contributed by atoms with Crippen LogP contribution in [0, 0.1) is 0 Å². The molecule has 14 rings (SSSR count). The fraction of sp³-hybridized carbons (Fsp3) is 0.0154. The van der Waals surface area contributed by atoms with E-state index in [0.717, 1.165) is 28.4 Å². The Bertz CT molecular complexity index is 3780. The lowest BCUT2D eigenvalue weighted by molar-refractivity contribution is 0.768. The van der Waals surface area contributed by atoms with Crippen LogP contribution in [0.1, 0.15) is 22.3 Å². The summed E-state index contributed by atoms with van der Waals surface area (Å²) in [4.78, 5) is 2.35. The monoisotopic (exact) mass is 865 g/mol. The van der Waals surface area contributed by atoms with E-state index in [-0.39, 0.29) is 0 Å². The molecule has 0 saturated heterocycles. The van der Waals surface area contributed by atoms with E-state index >= 15 is 0 Å². The molecule has 1 aliphatic rings. The first-order valence-electron chi connectivity index (χ1n) is 23.5. The molecule has 0 unspecified atom stereocenters. The molecular formula is C65H43N3. The molecule has 0 N–H and O–H groups in total. The van der Waals surface area contributed by atoms with Gasteiger partial charge in [-0.1, -0.05) is 170 Å². The maximum Gasteiger partial charge on any atom is 0.0715 e. The van der Waals surface area contributed by atoms with Crippen LogP contribution in [0.2, 0.25) is 0 Å². The molecule has 0 spiro atoms. The molecule has 0 fully saturated rings. The fourth-order valence-electron chi connectivity index (χ4n) is 11.7. The summed E-state index contributed by atoms with van der Waals surface area (Å²) in [6.07, 6.45) is 0. The van der Waals surface area contributed by atoms with Crippen molar-refractivity contribution in [1.29, 1.82) is 0 Å². The minimum Gasteiger partial charge on any atom is -0.311 e. The van der Waals surface area contributed by atoms with Crippen molar-refractivity contribution < 1.29 is 0 Å². The van der Waals surface area contributed by atoms with Gasteiger partial charge >= 0.3 is 0 Å². The van der Waals surface area contributed by atoms with E-state index in [1.807, 2.05) is 0 Å².